The summed E-state index contributed by atoms with van der Waals surface area (Å²) in [5.41, 5.74) is 10.1. The minimum absolute atomic E-state index is 0.0268. The molecule has 0 saturated carbocycles. The maximum atomic E-state index is 12.6. The van der Waals surface area contributed by atoms with Crippen molar-refractivity contribution in [2.24, 2.45) is 10.8 Å². The number of hydrogen-bond acceptors (Lipinski definition) is 5. The summed E-state index contributed by atoms with van der Waals surface area (Å²) in [5.74, 6) is -0.252. The predicted molar refractivity (Wildman–Crippen MR) is 98.1 cm³/mol. The molecule has 1 aliphatic rings. The van der Waals surface area contributed by atoms with Gasteiger partial charge in [-0.25, -0.2) is 0 Å². The van der Waals surface area contributed by atoms with Crippen molar-refractivity contribution in [1.29, 1.82) is 0 Å². The zero-order valence-corrected chi connectivity index (χ0v) is 14.7. The molecule has 1 fully saturated rings. The molecule has 1 saturated heterocycles. The van der Waals surface area contributed by atoms with E-state index in [0.717, 1.165) is 18.7 Å². The van der Waals surface area contributed by atoms with E-state index in [1.54, 1.807) is 17.0 Å². The van der Waals surface area contributed by atoms with Crippen molar-refractivity contribution >= 4 is 46.1 Å². The summed E-state index contributed by atoms with van der Waals surface area (Å²) in [6.45, 7) is 4.76. The van der Waals surface area contributed by atoms with Crippen molar-refractivity contribution in [3.63, 3.8) is 0 Å². The van der Waals surface area contributed by atoms with Crippen LogP contribution in [0.15, 0.2) is 23.3 Å². The smallest absolute Gasteiger partial charge is 0.277 e. The quantitative estimate of drug-likeness (QED) is 0.487. The van der Waals surface area contributed by atoms with Gasteiger partial charge in [0.2, 0.25) is 0 Å². The SMILES string of the molecule is Cc1c(Cl)cccc1N/N=C(\C(=O)N1CCN(C)CC1)C(N)=S. The molecule has 2 rings (SSSR count). The number of rotatable bonds is 4. The number of carbonyl (C=O) groups excluding carboxylic acids is 1. The van der Waals surface area contributed by atoms with Crippen molar-refractivity contribution in [3.8, 4) is 0 Å². The number of thiocarbonyl (C=S) groups is 1. The van der Waals surface area contributed by atoms with Crippen molar-refractivity contribution < 1.29 is 4.79 Å². The Hall–Kier alpha value is -1.70. The molecule has 6 nitrogen and oxygen atoms in total. The lowest BCUT2D eigenvalue weighted by atomic mass is 10.2. The average molecular weight is 354 g/mol. The summed E-state index contributed by atoms with van der Waals surface area (Å²) in [6, 6.07) is 5.41. The average Bonchev–Trinajstić information content (AvgIpc) is 2.51. The molecule has 0 spiro atoms. The van der Waals surface area contributed by atoms with Crippen molar-refractivity contribution in [2.75, 3.05) is 38.7 Å². The Bertz CT molecular complexity index is 641. The predicted octanol–water partition coefficient (Wildman–Crippen LogP) is 1.48. The van der Waals surface area contributed by atoms with Crippen LogP contribution >= 0.6 is 23.8 Å². The molecule has 0 aliphatic carbocycles. The number of nitrogens with zero attached hydrogens (tertiary/aromatic N) is 3. The largest absolute Gasteiger partial charge is 0.388 e. The van der Waals surface area contributed by atoms with Crippen molar-refractivity contribution in [2.45, 2.75) is 6.92 Å². The number of piperazine rings is 1. The van der Waals surface area contributed by atoms with E-state index >= 15 is 0 Å². The Morgan fingerprint density at radius 2 is 2.00 bits per heavy atom. The molecule has 0 aromatic heterocycles. The first-order valence-electron chi connectivity index (χ1n) is 7.26. The van der Waals surface area contributed by atoms with Gasteiger partial charge >= 0.3 is 0 Å². The molecule has 23 heavy (non-hydrogen) atoms. The van der Waals surface area contributed by atoms with E-state index < -0.39 is 0 Å². The van der Waals surface area contributed by atoms with E-state index in [1.165, 1.54) is 0 Å². The van der Waals surface area contributed by atoms with E-state index in [-0.39, 0.29) is 16.6 Å². The molecule has 8 heteroatoms. The van der Waals surface area contributed by atoms with E-state index in [2.05, 4.69) is 15.4 Å². The molecule has 0 atom stereocenters. The summed E-state index contributed by atoms with van der Waals surface area (Å²) in [6.07, 6.45) is 0. The van der Waals surface area contributed by atoms with Gasteiger partial charge in [-0.05, 0) is 31.7 Å². The molecule has 3 N–H and O–H groups in total. The lowest BCUT2D eigenvalue weighted by Crippen LogP contribution is -2.51. The van der Waals surface area contributed by atoms with Crippen LogP contribution in [0.2, 0.25) is 5.02 Å². The van der Waals surface area contributed by atoms with Crippen LogP contribution < -0.4 is 11.2 Å². The van der Waals surface area contributed by atoms with Gasteiger partial charge in [0.1, 0.15) is 4.99 Å². The Morgan fingerprint density at radius 1 is 1.35 bits per heavy atom. The highest BCUT2D eigenvalue weighted by atomic mass is 35.5. The summed E-state index contributed by atoms with van der Waals surface area (Å²) in [5, 5.41) is 4.74. The van der Waals surface area contributed by atoms with Gasteiger partial charge in [-0.15, -0.1) is 0 Å². The number of halogens is 1. The molecular formula is C15H20ClN5OS. The summed E-state index contributed by atoms with van der Waals surface area (Å²) in [7, 11) is 2.02. The number of anilines is 1. The Morgan fingerprint density at radius 3 is 2.61 bits per heavy atom. The molecule has 0 unspecified atom stereocenters. The third kappa shape index (κ3) is 4.40. The van der Waals surface area contributed by atoms with Crippen LogP contribution in [0.3, 0.4) is 0 Å². The topological polar surface area (TPSA) is 74.0 Å². The molecule has 1 aromatic carbocycles. The third-order valence-corrected chi connectivity index (χ3v) is 4.39. The summed E-state index contributed by atoms with van der Waals surface area (Å²) >= 11 is 11.1. The summed E-state index contributed by atoms with van der Waals surface area (Å²) < 4.78 is 0. The normalized spacial score (nSPS) is 16.3. The Kier molecular flexibility index (Phi) is 5.92. The minimum atomic E-state index is -0.252. The van der Waals surface area contributed by atoms with Crippen LogP contribution in [0.5, 0.6) is 0 Å². The zero-order valence-electron chi connectivity index (χ0n) is 13.2. The molecule has 1 heterocycles. The number of nitrogens with one attached hydrogen (secondary N) is 1. The maximum Gasteiger partial charge on any atom is 0.277 e. The van der Waals surface area contributed by atoms with Gasteiger partial charge in [0.15, 0.2) is 5.71 Å². The molecular weight excluding hydrogens is 334 g/mol. The molecule has 124 valence electrons. The van der Waals surface area contributed by atoms with Crippen LogP contribution in [0.1, 0.15) is 5.56 Å². The summed E-state index contributed by atoms with van der Waals surface area (Å²) in [4.78, 5) is 16.4. The number of benzene rings is 1. The zero-order chi connectivity index (χ0) is 17.0. The number of nitrogens with two attached hydrogens (primary N) is 1. The van der Waals surface area contributed by atoms with E-state index in [1.807, 2.05) is 20.0 Å². The standard InChI is InChI=1S/C15H20ClN5OS/c1-10-11(16)4-3-5-12(10)18-19-13(14(17)23)15(22)21-8-6-20(2)7-9-21/h3-5,18H,6-9H2,1-2H3,(H2,17,23)/b19-13-. The monoisotopic (exact) mass is 353 g/mol. The van der Waals surface area contributed by atoms with Gasteiger partial charge in [-0.3, -0.25) is 10.2 Å². The number of hydrogen-bond donors (Lipinski definition) is 2. The minimum Gasteiger partial charge on any atom is -0.388 e. The second-order valence-electron chi connectivity index (χ2n) is 5.44. The first-order chi connectivity index (χ1) is 10.9. The second-order valence-corrected chi connectivity index (χ2v) is 6.29. The van der Waals surface area contributed by atoms with E-state index in [0.29, 0.717) is 23.8 Å². The van der Waals surface area contributed by atoms with Crippen LogP contribution in [0.25, 0.3) is 0 Å². The van der Waals surface area contributed by atoms with Gasteiger partial charge < -0.3 is 15.5 Å². The van der Waals surface area contributed by atoms with Gasteiger partial charge in [0.25, 0.3) is 5.91 Å². The first kappa shape index (κ1) is 17.7. The highest BCUT2D eigenvalue weighted by Crippen LogP contribution is 2.22. The molecule has 1 aliphatic heterocycles. The lowest BCUT2D eigenvalue weighted by Gasteiger charge is -2.32. The van der Waals surface area contributed by atoms with Crippen molar-refractivity contribution in [3.05, 3.63) is 28.8 Å². The fourth-order valence-corrected chi connectivity index (χ4v) is 2.52. The van der Waals surface area contributed by atoms with Crippen LogP contribution in [-0.2, 0) is 4.79 Å². The molecule has 0 radical (unpaired) electrons. The van der Waals surface area contributed by atoms with E-state index in [9.17, 15) is 4.79 Å². The van der Waals surface area contributed by atoms with Gasteiger partial charge in [-0.2, -0.15) is 5.10 Å². The van der Waals surface area contributed by atoms with E-state index in [4.69, 9.17) is 29.6 Å². The Labute approximate surface area is 146 Å². The van der Waals surface area contributed by atoms with Crippen LogP contribution in [0.4, 0.5) is 5.69 Å². The highest BCUT2D eigenvalue weighted by molar-refractivity contribution is 7.82. The molecule has 1 aromatic rings. The Balaban J connectivity index is 2.16. The van der Waals surface area contributed by atoms with Gasteiger partial charge in [0, 0.05) is 31.2 Å². The lowest BCUT2D eigenvalue weighted by molar-refractivity contribution is -0.125. The van der Waals surface area contributed by atoms with Gasteiger partial charge in [-0.1, -0.05) is 29.9 Å². The highest BCUT2D eigenvalue weighted by Gasteiger charge is 2.25. The number of amides is 1. The van der Waals surface area contributed by atoms with Crippen LogP contribution in [0, 0.1) is 6.92 Å². The van der Waals surface area contributed by atoms with Crippen molar-refractivity contribution in [1.82, 2.24) is 9.80 Å². The number of likely N-dealkylation sites (N-methyl/N-ethyl adjacent to an activating group) is 1. The fraction of sp³-hybridized carbons (Fsp3) is 0.400. The number of hydrazone groups is 1. The fourth-order valence-electron chi connectivity index (χ4n) is 2.21. The molecule has 1 amide bonds. The first-order valence-corrected chi connectivity index (χ1v) is 8.05. The number of carbonyl (C=O) groups is 1. The maximum absolute atomic E-state index is 12.6. The molecule has 0 bridgehead atoms. The van der Waals surface area contributed by atoms with Gasteiger partial charge in [0.05, 0.1) is 5.69 Å². The third-order valence-electron chi connectivity index (χ3n) is 3.78. The second kappa shape index (κ2) is 7.72. The van der Waals surface area contributed by atoms with Crippen LogP contribution in [-0.4, -0.2) is 59.6 Å².